The fourth-order valence-corrected chi connectivity index (χ4v) is 3.11. The Labute approximate surface area is 120 Å². The minimum absolute atomic E-state index is 0.190. The molecule has 3 rings (SSSR count). The Bertz CT molecular complexity index is 656. The average Bonchev–Trinajstić information content (AvgIpc) is 3.01. The Morgan fingerprint density at radius 1 is 1.40 bits per heavy atom. The van der Waals surface area contributed by atoms with Gasteiger partial charge in [-0.1, -0.05) is 29.5 Å². The van der Waals surface area contributed by atoms with E-state index >= 15 is 0 Å². The minimum atomic E-state index is -0.217. The number of ether oxygens (including phenoxy) is 1. The van der Waals surface area contributed by atoms with Gasteiger partial charge in [0.05, 0.1) is 12.3 Å². The molecule has 0 saturated carbocycles. The summed E-state index contributed by atoms with van der Waals surface area (Å²) in [6, 6.07) is 6.08. The molecule has 1 aromatic carbocycles. The molecule has 0 spiro atoms. The molecule has 1 aliphatic rings. The summed E-state index contributed by atoms with van der Waals surface area (Å²) in [6.45, 7) is 4.53. The number of nitrogens with zero attached hydrogens (tertiary/aromatic N) is 4. The van der Waals surface area contributed by atoms with Gasteiger partial charge in [0.1, 0.15) is 5.25 Å². The lowest BCUT2D eigenvalue weighted by molar-refractivity contribution is -0.137. The molecule has 0 bridgehead atoms. The molecular formula is C13H14N4O2S. The summed E-state index contributed by atoms with van der Waals surface area (Å²) >= 11 is 1.35. The third kappa shape index (κ3) is 2.40. The van der Waals surface area contributed by atoms with Crippen LogP contribution in [0.5, 0.6) is 0 Å². The molecule has 1 unspecified atom stereocenters. The van der Waals surface area contributed by atoms with E-state index in [1.54, 1.807) is 4.68 Å². The fraction of sp³-hybridized carbons (Fsp3) is 0.385. The second-order valence-electron chi connectivity index (χ2n) is 4.73. The van der Waals surface area contributed by atoms with Crippen LogP contribution in [0.15, 0.2) is 23.4 Å². The van der Waals surface area contributed by atoms with Crippen LogP contribution >= 0.6 is 11.8 Å². The lowest BCUT2D eigenvalue weighted by atomic mass is 10.1. The number of aryl methyl sites for hydroxylation is 2. The SMILES string of the molecule is Cc1ccc(-n2nnnc2SC2CCOC2=O)c(C)c1. The zero-order chi connectivity index (χ0) is 14.1. The van der Waals surface area contributed by atoms with Gasteiger partial charge < -0.3 is 4.74 Å². The predicted octanol–water partition coefficient (Wildman–Crippen LogP) is 1.69. The third-order valence-electron chi connectivity index (χ3n) is 3.16. The number of tetrazole rings is 1. The lowest BCUT2D eigenvalue weighted by Gasteiger charge is -2.09. The maximum Gasteiger partial charge on any atom is 0.319 e. The molecule has 0 aliphatic carbocycles. The van der Waals surface area contributed by atoms with Gasteiger partial charge in [0.2, 0.25) is 5.16 Å². The average molecular weight is 290 g/mol. The summed E-state index contributed by atoms with van der Waals surface area (Å²) in [5.41, 5.74) is 3.20. The molecule has 1 atom stereocenters. The van der Waals surface area contributed by atoms with Crippen molar-refractivity contribution in [2.24, 2.45) is 0 Å². The van der Waals surface area contributed by atoms with Crippen LogP contribution in [-0.2, 0) is 9.53 Å². The smallest absolute Gasteiger partial charge is 0.319 e. The van der Waals surface area contributed by atoms with Crippen molar-refractivity contribution in [3.05, 3.63) is 29.3 Å². The van der Waals surface area contributed by atoms with E-state index in [9.17, 15) is 4.79 Å². The van der Waals surface area contributed by atoms with Crippen molar-refractivity contribution in [3.8, 4) is 5.69 Å². The number of esters is 1. The van der Waals surface area contributed by atoms with Crippen LogP contribution in [0.1, 0.15) is 17.5 Å². The van der Waals surface area contributed by atoms with Gasteiger partial charge in [0.15, 0.2) is 0 Å². The summed E-state index contributed by atoms with van der Waals surface area (Å²) in [4.78, 5) is 11.5. The number of rotatable bonds is 3. The largest absolute Gasteiger partial charge is 0.465 e. The number of aromatic nitrogens is 4. The van der Waals surface area contributed by atoms with Crippen molar-refractivity contribution < 1.29 is 9.53 Å². The molecular weight excluding hydrogens is 276 g/mol. The molecule has 0 N–H and O–H groups in total. The Balaban J connectivity index is 1.91. The summed E-state index contributed by atoms with van der Waals surface area (Å²) in [5, 5.41) is 12.2. The highest BCUT2D eigenvalue weighted by Crippen LogP contribution is 2.29. The number of benzene rings is 1. The van der Waals surface area contributed by atoms with Crippen molar-refractivity contribution in [1.82, 2.24) is 20.2 Å². The molecule has 0 radical (unpaired) electrons. The van der Waals surface area contributed by atoms with Gasteiger partial charge >= 0.3 is 5.97 Å². The highest BCUT2D eigenvalue weighted by molar-refractivity contribution is 8.00. The van der Waals surface area contributed by atoms with E-state index in [2.05, 4.69) is 21.6 Å². The summed E-state index contributed by atoms with van der Waals surface area (Å²) in [5.74, 6) is -0.190. The molecule has 0 amide bonds. The van der Waals surface area contributed by atoms with E-state index < -0.39 is 0 Å². The Hall–Kier alpha value is -1.89. The lowest BCUT2D eigenvalue weighted by Crippen LogP contribution is -2.11. The second kappa shape index (κ2) is 5.24. The third-order valence-corrected chi connectivity index (χ3v) is 4.33. The Morgan fingerprint density at radius 2 is 2.25 bits per heavy atom. The van der Waals surface area contributed by atoms with Gasteiger partial charge in [0, 0.05) is 6.42 Å². The highest BCUT2D eigenvalue weighted by Gasteiger charge is 2.29. The zero-order valence-corrected chi connectivity index (χ0v) is 12.1. The molecule has 104 valence electrons. The van der Waals surface area contributed by atoms with Crippen LogP contribution < -0.4 is 0 Å². The topological polar surface area (TPSA) is 69.9 Å². The number of cyclic esters (lactones) is 1. The van der Waals surface area contributed by atoms with E-state index in [0.717, 1.165) is 11.3 Å². The molecule has 7 heteroatoms. The predicted molar refractivity (Wildman–Crippen MR) is 73.8 cm³/mol. The molecule has 1 aromatic heterocycles. The van der Waals surface area contributed by atoms with Crippen LogP contribution in [0, 0.1) is 13.8 Å². The maximum atomic E-state index is 11.5. The molecule has 2 heterocycles. The number of carbonyl (C=O) groups excluding carboxylic acids is 1. The summed E-state index contributed by atoms with van der Waals surface area (Å²) < 4.78 is 6.63. The van der Waals surface area contributed by atoms with Crippen molar-refractivity contribution >= 4 is 17.7 Å². The number of hydrogen-bond donors (Lipinski definition) is 0. The normalized spacial score (nSPS) is 18.3. The minimum Gasteiger partial charge on any atom is -0.465 e. The number of hydrogen-bond acceptors (Lipinski definition) is 6. The quantitative estimate of drug-likeness (QED) is 0.801. The Kier molecular flexibility index (Phi) is 3.43. The van der Waals surface area contributed by atoms with Gasteiger partial charge in [-0.05, 0) is 35.9 Å². The summed E-state index contributed by atoms with van der Waals surface area (Å²) in [6.07, 6.45) is 0.698. The van der Waals surface area contributed by atoms with Crippen molar-refractivity contribution in [2.45, 2.75) is 30.7 Å². The molecule has 20 heavy (non-hydrogen) atoms. The van der Waals surface area contributed by atoms with Crippen LogP contribution in [0.2, 0.25) is 0 Å². The maximum absolute atomic E-state index is 11.5. The van der Waals surface area contributed by atoms with Crippen LogP contribution in [0.25, 0.3) is 5.69 Å². The molecule has 2 aromatic rings. The zero-order valence-electron chi connectivity index (χ0n) is 11.2. The van der Waals surface area contributed by atoms with Crippen molar-refractivity contribution in [1.29, 1.82) is 0 Å². The van der Waals surface area contributed by atoms with Gasteiger partial charge in [-0.3, -0.25) is 4.79 Å². The first-order valence-electron chi connectivity index (χ1n) is 6.34. The van der Waals surface area contributed by atoms with E-state index in [4.69, 9.17) is 4.74 Å². The first kappa shape index (κ1) is 13.1. The van der Waals surface area contributed by atoms with E-state index in [1.807, 2.05) is 26.0 Å². The first-order valence-corrected chi connectivity index (χ1v) is 7.22. The molecule has 1 aliphatic heterocycles. The van der Waals surface area contributed by atoms with Gasteiger partial charge in [-0.15, -0.1) is 5.10 Å². The molecule has 6 nitrogen and oxygen atoms in total. The number of carbonyl (C=O) groups is 1. The molecule has 1 saturated heterocycles. The Morgan fingerprint density at radius 3 is 2.95 bits per heavy atom. The van der Waals surface area contributed by atoms with E-state index in [1.165, 1.54) is 17.3 Å². The van der Waals surface area contributed by atoms with E-state index in [0.29, 0.717) is 18.2 Å². The fourth-order valence-electron chi connectivity index (χ4n) is 2.16. The van der Waals surface area contributed by atoms with Crippen molar-refractivity contribution in [3.63, 3.8) is 0 Å². The monoisotopic (exact) mass is 290 g/mol. The summed E-state index contributed by atoms with van der Waals surface area (Å²) in [7, 11) is 0. The van der Waals surface area contributed by atoms with Crippen LogP contribution in [0.3, 0.4) is 0 Å². The van der Waals surface area contributed by atoms with E-state index in [-0.39, 0.29) is 11.2 Å². The highest BCUT2D eigenvalue weighted by atomic mass is 32.2. The van der Waals surface area contributed by atoms with Crippen LogP contribution in [-0.4, -0.2) is 38.0 Å². The van der Waals surface area contributed by atoms with Gasteiger partial charge in [0.25, 0.3) is 0 Å². The second-order valence-corrected chi connectivity index (χ2v) is 5.90. The van der Waals surface area contributed by atoms with Crippen molar-refractivity contribution in [2.75, 3.05) is 6.61 Å². The molecule has 1 fully saturated rings. The first-order chi connectivity index (χ1) is 9.65. The van der Waals surface area contributed by atoms with Crippen LogP contribution in [0.4, 0.5) is 0 Å². The van der Waals surface area contributed by atoms with Gasteiger partial charge in [-0.2, -0.15) is 4.68 Å². The number of thioether (sulfide) groups is 1. The standard InChI is InChI=1S/C13H14N4O2S/c1-8-3-4-10(9(2)7-8)17-13(14-15-16-17)20-11-5-6-19-12(11)18/h3-4,7,11H,5-6H2,1-2H3. The van der Waals surface area contributed by atoms with Gasteiger partial charge in [-0.25, -0.2) is 0 Å².